The molecule has 0 aliphatic carbocycles. The van der Waals surface area contributed by atoms with Crippen molar-refractivity contribution in [2.75, 3.05) is 6.61 Å². The van der Waals surface area contributed by atoms with E-state index in [1.165, 1.54) is 5.56 Å². The Kier molecular flexibility index (Phi) is 13.5. The third-order valence-corrected chi connectivity index (χ3v) is 9.16. The van der Waals surface area contributed by atoms with Crippen LogP contribution >= 0.6 is 0 Å². The van der Waals surface area contributed by atoms with Gasteiger partial charge in [0.2, 0.25) is 0 Å². The molecule has 3 nitrogen and oxygen atoms in total. The van der Waals surface area contributed by atoms with Gasteiger partial charge in [-0.05, 0) is 30.7 Å². The van der Waals surface area contributed by atoms with Gasteiger partial charge in [0.05, 0.1) is 19.0 Å². The van der Waals surface area contributed by atoms with E-state index in [2.05, 4.69) is 28.6 Å². The van der Waals surface area contributed by atoms with Gasteiger partial charge in [-0.25, -0.2) is 87.8 Å². The molecule has 0 aliphatic heterocycles. The minimum atomic E-state index is -7.22. The van der Waals surface area contributed by atoms with Crippen molar-refractivity contribution >= 4 is 28.0 Å². The van der Waals surface area contributed by atoms with Gasteiger partial charge in [0.25, 0.3) is 0 Å². The van der Waals surface area contributed by atoms with Gasteiger partial charge in [-0.15, -0.1) is 21.9 Å². The quantitative estimate of drug-likeness (QED) is 0.0483. The van der Waals surface area contributed by atoms with Crippen LogP contribution in [0.2, 0.25) is 0 Å². The van der Waals surface area contributed by atoms with Crippen LogP contribution in [0.15, 0.2) is 49.1 Å². The molecule has 0 saturated carbocycles. The Labute approximate surface area is 333 Å². The van der Waals surface area contributed by atoms with Crippen LogP contribution in [-0.4, -0.2) is 17.7 Å². The van der Waals surface area contributed by atoms with Crippen molar-refractivity contribution in [2.24, 2.45) is 0 Å². The molecule has 6 rings (SSSR count). The first-order valence-corrected chi connectivity index (χ1v) is 16.8. The van der Waals surface area contributed by atoms with Crippen LogP contribution in [0.25, 0.3) is 0 Å². The van der Waals surface area contributed by atoms with Crippen molar-refractivity contribution < 1.29 is 97.1 Å². The number of hydrogen-bond acceptors (Lipinski definition) is 2. The van der Waals surface area contributed by atoms with Crippen LogP contribution in [0.1, 0.15) is 18.9 Å². The van der Waals surface area contributed by atoms with Crippen LogP contribution in [0.5, 0.6) is 5.75 Å². The molecular formula is C38H17BF20N2O. The molecule has 5 aromatic carbocycles. The highest BCUT2D eigenvalue weighted by atomic mass is 19.2. The van der Waals surface area contributed by atoms with Crippen LogP contribution in [0.3, 0.4) is 0 Å². The molecule has 1 heterocycles. The summed E-state index contributed by atoms with van der Waals surface area (Å²) in [4.78, 5) is 3.99. The Morgan fingerprint density at radius 1 is 0.403 bits per heavy atom. The van der Waals surface area contributed by atoms with Crippen molar-refractivity contribution in [3.8, 4) is 5.75 Å². The van der Waals surface area contributed by atoms with Gasteiger partial charge in [-0.2, -0.15) is 4.57 Å². The number of hydrogen-bond donors (Lipinski definition) is 0. The lowest BCUT2D eigenvalue weighted by atomic mass is 9.12. The van der Waals surface area contributed by atoms with E-state index in [0.29, 0.717) is 0 Å². The summed E-state index contributed by atoms with van der Waals surface area (Å²) in [5.41, 5.74) is -13.1. The summed E-state index contributed by atoms with van der Waals surface area (Å²) in [5, 5.41) is 0. The number of benzene rings is 5. The molecule has 0 fully saturated rings. The fourth-order valence-corrected chi connectivity index (χ4v) is 6.45. The van der Waals surface area contributed by atoms with Crippen molar-refractivity contribution in [3.05, 3.63) is 171 Å². The fourth-order valence-electron chi connectivity index (χ4n) is 6.45. The standard InChI is InChI=1S/C24BF20.C14H17N2O/c26-5-1(6(27)14(35)21(42)13(5)34)25(2-7(28)15(36)22(43)16(37)8(2)29,3-9(30)17(38)23(44)18(39)10(3)31)4-11(32)19(40)24(45)20(41)12(4)33;1-2-11-17-14-5-3-13(4-6-14)12-16-9-7-15-8-10-16/h;3-10H,2,11-12H2,1H3/q-1;+1. The van der Waals surface area contributed by atoms with E-state index < -0.39 is 144 Å². The summed E-state index contributed by atoms with van der Waals surface area (Å²) in [6.45, 7) is 3.74. The maximum Gasteiger partial charge on any atom is 0.200 e. The Morgan fingerprint density at radius 2 is 0.661 bits per heavy atom. The lowest BCUT2D eigenvalue weighted by molar-refractivity contribution is -0.688. The van der Waals surface area contributed by atoms with Gasteiger partial charge in [0, 0.05) is 5.56 Å². The first-order chi connectivity index (χ1) is 29.1. The van der Waals surface area contributed by atoms with Gasteiger partial charge in [0.15, 0.2) is 88.7 Å². The molecule has 0 unspecified atom stereocenters. The second-order valence-corrected chi connectivity index (χ2v) is 12.7. The first-order valence-electron chi connectivity index (χ1n) is 16.8. The third kappa shape index (κ3) is 7.62. The summed E-state index contributed by atoms with van der Waals surface area (Å²) >= 11 is 0. The zero-order valence-corrected chi connectivity index (χ0v) is 30.2. The number of rotatable bonds is 9. The second kappa shape index (κ2) is 17.9. The third-order valence-electron chi connectivity index (χ3n) is 9.16. The number of nitrogens with zero attached hydrogens (tertiary/aromatic N) is 2. The Balaban J connectivity index is 0.000000355. The zero-order chi connectivity index (χ0) is 46.3. The molecule has 6 aromatic rings. The van der Waals surface area contributed by atoms with Crippen LogP contribution in [0.4, 0.5) is 87.8 Å². The summed E-state index contributed by atoms with van der Waals surface area (Å²) in [7, 11) is 0. The highest BCUT2D eigenvalue weighted by molar-refractivity contribution is 7.20. The summed E-state index contributed by atoms with van der Waals surface area (Å²) in [6.07, 6.45) is 1.32. The molecular weight excluding hydrogens is 891 g/mol. The van der Waals surface area contributed by atoms with Crippen LogP contribution in [0, 0.1) is 116 Å². The molecule has 0 amide bonds. The predicted molar refractivity (Wildman–Crippen MR) is 175 cm³/mol. The minimum absolute atomic E-state index is 0.776. The average Bonchev–Trinajstić information content (AvgIpc) is 3.26. The molecule has 1 aromatic heterocycles. The molecule has 328 valence electrons. The maximum atomic E-state index is 15.4. The summed E-state index contributed by atoms with van der Waals surface area (Å²) in [5.74, 6) is -70.5. The topological polar surface area (TPSA) is 26.0 Å². The normalized spacial score (nSPS) is 11.5. The lowest BCUT2D eigenvalue weighted by Crippen LogP contribution is -2.81. The maximum absolute atomic E-state index is 15.4. The minimum Gasteiger partial charge on any atom is -0.494 e. The van der Waals surface area contributed by atoms with E-state index in [1.807, 2.05) is 24.5 Å². The molecule has 0 aliphatic rings. The Bertz CT molecular complexity index is 2320. The average molecular weight is 908 g/mol. The van der Waals surface area contributed by atoms with Crippen molar-refractivity contribution in [2.45, 2.75) is 19.9 Å². The first kappa shape index (κ1) is 46.7. The van der Waals surface area contributed by atoms with Crippen molar-refractivity contribution in [1.29, 1.82) is 0 Å². The van der Waals surface area contributed by atoms with Crippen molar-refractivity contribution in [1.82, 2.24) is 4.98 Å². The molecule has 0 radical (unpaired) electrons. The monoisotopic (exact) mass is 908 g/mol. The van der Waals surface area contributed by atoms with Gasteiger partial charge in [-0.3, -0.25) is 4.98 Å². The molecule has 62 heavy (non-hydrogen) atoms. The summed E-state index contributed by atoms with van der Waals surface area (Å²) < 4.78 is 302. The Hall–Kier alpha value is -6.36. The van der Waals surface area contributed by atoms with Crippen LogP contribution < -0.4 is 31.2 Å². The van der Waals surface area contributed by atoms with Gasteiger partial charge in [-0.1, -0.05) is 6.92 Å². The fraction of sp³-hybridized carbons (Fsp3) is 0.105. The van der Waals surface area contributed by atoms with Crippen LogP contribution in [-0.2, 0) is 6.54 Å². The number of halogens is 20. The van der Waals surface area contributed by atoms with E-state index in [9.17, 15) is 52.7 Å². The van der Waals surface area contributed by atoms with E-state index >= 15 is 35.1 Å². The smallest absolute Gasteiger partial charge is 0.200 e. The zero-order valence-electron chi connectivity index (χ0n) is 30.2. The van der Waals surface area contributed by atoms with E-state index in [-0.39, 0.29) is 0 Å². The summed E-state index contributed by atoms with van der Waals surface area (Å²) in [6, 6.07) is 8.23. The molecule has 24 heteroatoms. The van der Waals surface area contributed by atoms with Crippen molar-refractivity contribution in [3.63, 3.8) is 0 Å². The molecule has 0 bridgehead atoms. The highest BCUT2D eigenvalue weighted by Crippen LogP contribution is 2.30. The number of ether oxygens (including phenoxy) is 1. The second-order valence-electron chi connectivity index (χ2n) is 12.7. The molecule has 0 spiro atoms. The molecule has 0 N–H and O–H groups in total. The lowest BCUT2D eigenvalue weighted by Gasteiger charge is -2.44. The predicted octanol–water partition coefficient (Wildman–Crippen LogP) is 8.05. The molecule has 0 saturated heterocycles. The van der Waals surface area contributed by atoms with E-state index in [0.717, 1.165) is 25.3 Å². The molecule has 0 atom stereocenters. The Morgan fingerprint density at radius 3 is 0.919 bits per heavy atom. The highest BCUT2D eigenvalue weighted by Gasteiger charge is 2.52. The van der Waals surface area contributed by atoms with Gasteiger partial charge >= 0.3 is 0 Å². The van der Waals surface area contributed by atoms with E-state index in [4.69, 9.17) is 4.74 Å². The number of aromatic nitrogens is 2. The van der Waals surface area contributed by atoms with Gasteiger partial charge < -0.3 is 4.74 Å². The van der Waals surface area contributed by atoms with E-state index in [1.54, 1.807) is 12.4 Å². The largest absolute Gasteiger partial charge is 0.494 e. The van der Waals surface area contributed by atoms with Gasteiger partial charge in [0.1, 0.15) is 58.4 Å². The SMILES string of the molecule is CCCOc1ccc(C[n+]2ccncc2)cc1.Fc1c(F)c(F)c([B-](c2c(F)c(F)c(F)c(F)c2F)(c2c(F)c(F)c(F)c(F)c2F)c2c(F)c(F)c(F)c(F)c2F)c(F)c1F.